The van der Waals surface area contributed by atoms with E-state index < -0.39 is 0 Å². The van der Waals surface area contributed by atoms with Gasteiger partial charge in [-0.2, -0.15) is 5.10 Å². The Labute approximate surface area is 122 Å². The Kier molecular flexibility index (Phi) is 3.55. The number of hydrogen-bond acceptors (Lipinski definition) is 2. The molecule has 3 rings (SSSR count). The van der Waals surface area contributed by atoms with E-state index in [0.717, 1.165) is 11.3 Å². The van der Waals surface area contributed by atoms with Gasteiger partial charge in [0.15, 0.2) is 0 Å². The molecule has 0 aliphatic rings. The third kappa shape index (κ3) is 2.86. The van der Waals surface area contributed by atoms with Crippen LogP contribution in [0.25, 0.3) is 5.69 Å². The van der Waals surface area contributed by atoms with Gasteiger partial charge in [0.25, 0.3) is 5.91 Å². The Hall–Kier alpha value is -2.82. The maximum atomic E-state index is 12.0. The van der Waals surface area contributed by atoms with Crippen LogP contribution in [-0.2, 0) is 0 Å². The molecule has 0 aliphatic carbocycles. The lowest BCUT2D eigenvalue weighted by molar-refractivity contribution is 0.0935. The molecule has 2 aromatic heterocycles. The lowest BCUT2D eigenvalue weighted by Gasteiger charge is -2.15. The number of aromatic nitrogens is 3. The molecule has 1 aromatic carbocycles. The molecule has 2 N–H and O–H groups in total. The van der Waals surface area contributed by atoms with Crippen molar-refractivity contribution in [1.29, 1.82) is 0 Å². The van der Waals surface area contributed by atoms with Crippen molar-refractivity contribution in [3.05, 3.63) is 72.3 Å². The molecule has 0 fully saturated rings. The van der Waals surface area contributed by atoms with E-state index in [1.54, 1.807) is 29.2 Å². The Morgan fingerprint density at radius 2 is 2.19 bits per heavy atom. The van der Waals surface area contributed by atoms with E-state index in [-0.39, 0.29) is 11.9 Å². The molecule has 0 spiro atoms. The zero-order valence-corrected chi connectivity index (χ0v) is 11.7. The smallest absolute Gasteiger partial charge is 0.268 e. The fourth-order valence-corrected chi connectivity index (χ4v) is 2.19. The maximum Gasteiger partial charge on any atom is 0.268 e. The summed E-state index contributed by atoms with van der Waals surface area (Å²) in [7, 11) is 0. The predicted octanol–water partition coefficient (Wildman–Crippen LogP) is 2.69. The third-order valence-corrected chi connectivity index (χ3v) is 3.33. The van der Waals surface area contributed by atoms with Gasteiger partial charge in [-0.15, -0.1) is 0 Å². The fourth-order valence-electron chi connectivity index (χ4n) is 2.19. The van der Waals surface area contributed by atoms with Gasteiger partial charge in [-0.1, -0.05) is 12.1 Å². The van der Waals surface area contributed by atoms with Crippen molar-refractivity contribution in [3.63, 3.8) is 0 Å². The normalized spacial score (nSPS) is 12.0. The van der Waals surface area contributed by atoms with Gasteiger partial charge in [0.1, 0.15) is 5.69 Å². The molecule has 1 amide bonds. The highest BCUT2D eigenvalue weighted by molar-refractivity contribution is 5.92. The number of H-pyrrole nitrogens is 1. The van der Waals surface area contributed by atoms with Crippen LogP contribution >= 0.6 is 0 Å². The monoisotopic (exact) mass is 280 g/mol. The number of nitrogens with zero attached hydrogens (tertiary/aromatic N) is 2. The average Bonchev–Trinajstić information content (AvgIpc) is 3.20. The third-order valence-electron chi connectivity index (χ3n) is 3.33. The summed E-state index contributed by atoms with van der Waals surface area (Å²) in [5.41, 5.74) is 2.56. The molecule has 0 unspecified atom stereocenters. The van der Waals surface area contributed by atoms with Gasteiger partial charge in [-0.05, 0) is 42.8 Å². The zero-order valence-electron chi connectivity index (χ0n) is 11.7. The van der Waals surface area contributed by atoms with Gasteiger partial charge in [0.2, 0.25) is 0 Å². The van der Waals surface area contributed by atoms with Crippen molar-refractivity contribution in [3.8, 4) is 5.69 Å². The molecule has 5 heteroatoms. The molecule has 3 aromatic rings. The van der Waals surface area contributed by atoms with Gasteiger partial charge >= 0.3 is 0 Å². The van der Waals surface area contributed by atoms with E-state index in [2.05, 4.69) is 15.4 Å². The second kappa shape index (κ2) is 5.66. The Bertz CT molecular complexity index is 717. The van der Waals surface area contributed by atoms with Crippen molar-refractivity contribution < 1.29 is 4.79 Å². The minimum absolute atomic E-state index is 0.0867. The summed E-state index contributed by atoms with van der Waals surface area (Å²) in [6, 6.07) is 13.3. The standard InChI is InChI=1S/C16H16N4O/c1-12(19-16(21)15-7-3-8-17-15)13-5-2-6-14(11-13)20-10-4-9-18-20/h2-12,17H,1H3,(H,19,21)/t12-/m0/s1. The SMILES string of the molecule is C[C@H](NC(=O)c1ccc[nH]1)c1cccc(-n2cccn2)c1. The molecule has 0 radical (unpaired) electrons. The maximum absolute atomic E-state index is 12.0. The first-order valence-corrected chi connectivity index (χ1v) is 6.78. The number of carbonyl (C=O) groups excluding carboxylic acids is 1. The summed E-state index contributed by atoms with van der Waals surface area (Å²) in [5, 5.41) is 7.18. The van der Waals surface area contributed by atoms with E-state index in [1.165, 1.54) is 0 Å². The minimum Gasteiger partial charge on any atom is -0.357 e. The molecule has 5 nitrogen and oxygen atoms in total. The number of rotatable bonds is 4. The van der Waals surface area contributed by atoms with Crippen LogP contribution in [0.1, 0.15) is 29.0 Å². The summed E-state index contributed by atoms with van der Waals surface area (Å²) >= 11 is 0. The van der Waals surface area contributed by atoms with E-state index in [1.807, 2.05) is 43.5 Å². The topological polar surface area (TPSA) is 62.7 Å². The van der Waals surface area contributed by atoms with Crippen LogP contribution in [0.5, 0.6) is 0 Å². The first kappa shape index (κ1) is 13.2. The van der Waals surface area contributed by atoms with Crippen LogP contribution in [0.2, 0.25) is 0 Å². The van der Waals surface area contributed by atoms with E-state index in [4.69, 9.17) is 0 Å². The summed E-state index contributed by atoms with van der Waals surface area (Å²) < 4.78 is 1.79. The van der Waals surface area contributed by atoms with Crippen LogP contribution in [0.15, 0.2) is 61.1 Å². The Morgan fingerprint density at radius 3 is 2.90 bits per heavy atom. The summed E-state index contributed by atoms with van der Waals surface area (Å²) in [5.74, 6) is -0.114. The van der Waals surface area contributed by atoms with Gasteiger partial charge in [-0.25, -0.2) is 4.68 Å². The van der Waals surface area contributed by atoms with Crippen LogP contribution in [0.3, 0.4) is 0 Å². The van der Waals surface area contributed by atoms with Crippen LogP contribution in [0.4, 0.5) is 0 Å². The van der Waals surface area contributed by atoms with Gasteiger partial charge in [0, 0.05) is 18.6 Å². The van der Waals surface area contributed by atoms with E-state index in [0.29, 0.717) is 5.69 Å². The molecule has 1 atom stereocenters. The zero-order chi connectivity index (χ0) is 14.7. The highest BCUT2D eigenvalue weighted by atomic mass is 16.1. The Balaban J connectivity index is 1.77. The number of benzene rings is 1. The van der Waals surface area contributed by atoms with Crippen LogP contribution in [-0.4, -0.2) is 20.7 Å². The second-order valence-electron chi connectivity index (χ2n) is 4.82. The number of nitrogens with one attached hydrogen (secondary N) is 2. The average molecular weight is 280 g/mol. The van der Waals surface area contributed by atoms with Crippen molar-refractivity contribution in [2.45, 2.75) is 13.0 Å². The summed E-state index contributed by atoms with van der Waals surface area (Å²) in [6.07, 6.45) is 5.36. The first-order valence-electron chi connectivity index (χ1n) is 6.78. The number of carbonyl (C=O) groups is 1. The van der Waals surface area contributed by atoms with E-state index in [9.17, 15) is 4.79 Å². The van der Waals surface area contributed by atoms with Gasteiger partial charge in [0.05, 0.1) is 11.7 Å². The molecule has 2 heterocycles. The molecule has 0 saturated heterocycles. The number of amides is 1. The van der Waals surface area contributed by atoms with E-state index >= 15 is 0 Å². The fraction of sp³-hybridized carbons (Fsp3) is 0.125. The molecule has 21 heavy (non-hydrogen) atoms. The molecule has 0 aliphatic heterocycles. The highest BCUT2D eigenvalue weighted by Gasteiger charge is 2.12. The summed E-state index contributed by atoms with van der Waals surface area (Å²) in [4.78, 5) is 14.9. The van der Waals surface area contributed by atoms with Crippen molar-refractivity contribution >= 4 is 5.91 Å². The molecule has 0 saturated carbocycles. The minimum atomic E-state index is -0.114. The number of hydrogen-bond donors (Lipinski definition) is 2. The van der Waals surface area contributed by atoms with Crippen molar-refractivity contribution in [2.75, 3.05) is 0 Å². The molecular weight excluding hydrogens is 264 g/mol. The second-order valence-corrected chi connectivity index (χ2v) is 4.82. The number of aromatic amines is 1. The van der Waals surface area contributed by atoms with Gasteiger partial charge < -0.3 is 10.3 Å². The summed E-state index contributed by atoms with van der Waals surface area (Å²) in [6.45, 7) is 1.96. The highest BCUT2D eigenvalue weighted by Crippen LogP contribution is 2.17. The quantitative estimate of drug-likeness (QED) is 0.771. The van der Waals surface area contributed by atoms with Crippen molar-refractivity contribution in [2.24, 2.45) is 0 Å². The lowest BCUT2D eigenvalue weighted by atomic mass is 10.1. The lowest BCUT2D eigenvalue weighted by Crippen LogP contribution is -2.26. The largest absolute Gasteiger partial charge is 0.357 e. The predicted molar refractivity (Wildman–Crippen MR) is 80.2 cm³/mol. The molecule has 106 valence electrons. The van der Waals surface area contributed by atoms with Crippen molar-refractivity contribution in [1.82, 2.24) is 20.1 Å². The Morgan fingerprint density at radius 1 is 1.29 bits per heavy atom. The van der Waals surface area contributed by atoms with Crippen LogP contribution < -0.4 is 5.32 Å². The van der Waals surface area contributed by atoms with Crippen LogP contribution in [0, 0.1) is 0 Å². The van der Waals surface area contributed by atoms with Gasteiger partial charge in [-0.3, -0.25) is 4.79 Å². The molecular formula is C16H16N4O. The molecule has 0 bridgehead atoms. The first-order chi connectivity index (χ1) is 10.2.